The van der Waals surface area contributed by atoms with Crippen LogP contribution in [0, 0.1) is 6.92 Å². The minimum Gasteiger partial charge on any atom is -0.507 e. The van der Waals surface area contributed by atoms with Crippen molar-refractivity contribution >= 4 is 27.5 Å². The van der Waals surface area contributed by atoms with E-state index in [1.807, 2.05) is 19.1 Å². The van der Waals surface area contributed by atoms with Gasteiger partial charge in [-0.1, -0.05) is 22.0 Å². The molecule has 2 aromatic rings. The molecule has 2 aromatic carbocycles. The molecule has 2 N–H and O–H groups in total. The monoisotopic (exact) mass is 335 g/mol. The molecule has 0 aliphatic heterocycles. The molecule has 0 aliphatic rings. The molecular formula is C15H14BrNO3. The second-order valence-electron chi connectivity index (χ2n) is 4.32. The summed E-state index contributed by atoms with van der Waals surface area (Å²) in [6, 6.07) is 10.2. The molecule has 4 nitrogen and oxygen atoms in total. The standard InChI is InChI=1S/C15H14BrNO3/c1-9-3-6-14(20-2)12(7-9)17-15(19)11-8-10(16)4-5-13(11)18/h3-8,18H,1-2H3,(H,17,19). The first-order valence-electron chi connectivity index (χ1n) is 5.96. The van der Waals surface area contributed by atoms with Gasteiger partial charge in [-0.3, -0.25) is 4.79 Å². The summed E-state index contributed by atoms with van der Waals surface area (Å²) < 4.78 is 5.92. The van der Waals surface area contributed by atoms with Crippen LogP contribution in [0.5, 0.6) is 11.5 Å². The Morgan fingerprint density at radius 3 is 2.70 bits per heavy atom. The molecule has 20 heavy (non-hydrogen) atoms. The highest BCUT2D eigenvalue weighted by Gasteiger charge is 2.14. The smallest absolute Gasteiger partial charge is 0.259 e. The van der Waals surface area contributed by atoms with Crippen molar-refractivity contribution in [2.75, 3.05) is 12.4 Å². The number of halogens is 1. The number of nitrogens with one attached hydrogen (secondary N) is 1. The summed E-state index contributed by atoms with van der Waals surface area (Å²) in [6.45, 7) is 1.92. The summed E-state index contributed by atoms with van der Waals surface area (Å²) in [6.07, 6.45) is 0. The molecular weight excluding hydrogens is 322 g/mol. The number of carbonyl (C=O) groups excluding carboxylic acids is 1. The molecule has 2 rings (SSSR count). The van der Waals surface area contributed by atoms with Crippen LogP contribution in [0.2, 0.25) is 0 Å². The third-order valence-corrected chi connectivity index (χ3v) is 3.30. The van der Waals surface area contributed by atoms with E-state index in [1.54, 1.807) is 18.2 Å². The second-order valence-corrected chi connectivity index (χ2v) is 5.24. The maximum Gasteiger partial charge on any atom is 0.259 e. The lowest BCUT2D eigenvalue weighted by Crippen LogP contribution is -2.13. The van der Waals surface area contributed by atoms with Crippen molar-refractivity contribution in [2.24, 2.45) is 0 Å². The van der Waals surface area contributed by atoms with Gasteiger partial charge in [-0.05, 0) is 42.8 Å². The first-order valence-corrected chi connectivity index (χ1v) is 6.75. The molecule has 0 saturated heterocycles. The number of ether oxygens (including phenoxy) is 1. The maximum absolute atomic E-state index is 12.2. The Hall–Kier alpha value is -2.01. The van der Waals surface area contributed by atoms with Gasteiger partial charge in [0.25, 0.3) is 5.91 Å². The van der Waals surface area contributed by atoms with E-state index in [9.17, 15) is 9.90 Å². The van der Waals surface area contributed by atoms with Crippen molar-refractivity contribution in [3.05, 3.63) is 52.0 Å². The minimum absolute atomic E-state index is 0.0719. The van der Waals surface area contributed by atoms with Gasteiger partial charge in [-0.15, -0.1) is 0 Å². The molecule has 0 spiro atoms. The molecule has 5 heteroatoms. The van der Waals surface area contributed by atoms with Crippen molar-refractivity contribution < 1.29 is 14.6 Å². The van der Waals surface area contributed by atoms with Crippen LogP contribution in [-0.2, 0) is 0 Å². The Balaban J connectivity index is 2.32. The molecule has 0 heterocycles. The van der Waals surface area contributed by atoms with E-state index in [4.69, 9.17) is 4.74 Å². The van der Waals surface area contributed by atoms with E-state index in [2.05, 4.69) is 21.2 Å². The minimum atomic E-state index is -0.396. The summed E-state index contributed by atoms with van der Waals surface area (Å²) in [5.74, 6) is 0.100. The molecule has 0 fully saturated rings. The fraction of sp³-hybridized carbons (Fsp3) is 0.133. The van der Waals surface area contributed by atoms with E-state index < -0.39 is 5.91 Å². The predicted octanol–water partition coefficient (Wildman–Crippen LogP) is 3.72. The SMILES string of the molecule is COc1ccc(C)cc1NC(=O)c1cc(Br)ccc1O. The summed E-state index contributed by atoms with van der Waals surface area (Å²) in [7, 11) is 1.54. The number of aromatic hydroxyl groups is 1. The number of phenolic OH excluding ortho intramolecular Hbond substituents is 1. The van der Waals surface area contributed by atoms with Crippen LogP contribution in [0.15, 0.2) is 40.9 Å². The number of anilines is 1. The molecule has 0 radical (unpaired) electrons. The summed E-state index contributed by atoms with van der Waals surface area (Å²) in [5.41, 5.74) is 1.76. The quantitative estimate of drug-likeness (QED) is 0.898. The Morgan fingerprint density at radius 1 is 1.25 bits per heavy atom. The van der Waals surface area contributed by atoms with Gasteiger partial charge in [0.1, 0.15) is 11.5 Å². The maximum atomic E-state index is 12.2. The van der Waals surface area contributed by atoms with Crippen molar-refractivity contribution in [2.45, 2.75) is 6.92 Å². The molecule has 0 bridgehead atoms. The molecule has 0 atom stereocenters. The molecule has 0 unspecified atom stereocenters. The lowest BCUT2D eigenvalue weighted by molar-refractivity contribution is 0.102. The molecule has 104 valence electrons. The van der Waals surface area contributed by atoms with Crippen molar-refractivity contribution in [3.8, 4) is 11.5 Å². The van der Waals surface area contributed by atoms with E-state index in [1.165, 1.54) is 13.2 Å². The largest absolute Gasteiger partial charge is 0.507 e. The van der Waals surface area contributed by atoms with Gasteiger partial charge in [0.2, 0.25) is 0 Å². The average Bonchev–Trinajstić information content (AvgIpc) is 2.41. The number of amides is 1. The Morgan fingerprint density at radius 2 is 2.00 bits per heavy atom. The van der Waals surface area contributed by atoms with Gasteiger partial charge >= 0.3 is 0 Å². The number of aryl methyl sites for hydroxylation is 1. The zero-order valence-electron chi connectivity index (χ0n) is 11.1. The van der Waals surface area contributed by atoms with E-state index in [0.717, 1.165) is 10.0 Å². The molecule has 0 aromatic heterocycles. The lowest BCUT2D eigenvalue weighted by Gasteiger charge is -2.12. The highest BCUT2D eigenvalue weighted by Crippen LogP contribution is 2.28. The number of hydrogen-bond acceptors (Lipinski definition) is 3. The number of hydrogen-bond donors (Lipinski definition) is 2. The third kappa shape index (κ3) is 3.11. The van der Waals surface area contributed by atoms with Crippen LogP contribution < -0.4 is 10.1 Å². The number of methoxy groups -OCH3 is 1. The average molecular weight is 336 g/mol. The third-order valence-electron chi connectivity index (χ3n) is 2.81. The number of carbonyl (C=O) groups is 1. The molecule has 0 aliphatic carbocycles. The first-order chi connectivity index (χ1) is 9.51. The molecule has 0 saturated carbocycles. The van der Waals surface area contributed by atoms with Gasteiger partial charge in [-0.25, -0.2) is 0 Å². The van der Waals surface area contributed by atoms with E-state index in [0.29, 0.717) is 11.4 Å². The fourth-order valence-electron chi connectivity index (χ4n) is 1.80. The molecule has 1 amide bonds. The number of benzene rings is 2. The van der Waals surface area contributed by atoms with E-state index >= 15 is 0 Å². The van der Waals surface area contributed by atoms with Crippen molar-refractivity contribution in [3.63, 3.8) is 0 Å². The Bertz CT molecular complexity index is 656. The first kappa shape index (κ1) is 14.4. The van der Waals surface area contributed by atoms with Crippen LogP contribution in [0.3, 0.4) is 0 Å². The normalized spacial score (nSPS) is 10.2. The van der Waals surface area contributed by atoms with Crippen LogP contribution in [0.1, 0.15) is 15.9 Å². The van der Waals surface area contributed by atoms with Gasteiger partial charge in [0.15, 0.2) is 0 Å². The van der Waals surface area contributed by atoms with E-state index in [-0.39, 0.29) is 11.3 Å². The highest BCUT2D eigenvalue weighted by atomic mass is 79.9. The van der Waals surface area contributed by atoms with Gasteiger partial charge in [-0.2, -0.15) is 0 Å². The second kappa shape index (κ2) is 5.96. The predicted molar refractivity (Wildman–Crippen MR) is 81.5 cm³/mol. The summed E-state index contributed by atoms with van der Waals surface area (Å²) in [5, 5.41) is 12.5. The number of phenols is 1. The van der Waals surface area contributed by atoms with Crippen LogP contribution >= 0.6 is 15.9 Å². The summed E-state index contributed by atoms with van der Waals surface area (Å²) >= 11 is 3.27. The topological polar surface area (TPSA) is 58.6 Å². The number of rotatable bonds is 3. The zero-order valence-corrected chi connectivity index (χ0v) is 12.7. The van der Waals surface area contributed by atoms with Crippen LogP contribution in [0.25, 0.3) is 0 Å². The zero-order chi connectivity index (χ0) is 14.7. The lowest BCUT2D eigenvalue weighted by atomic mass is 10.1. The van der Waals surface area contributed by atoms with Gasteiger partial charge in [0.05, 0.1) is 18.4 Å². The van der Waals surface area contributed by atoms with Gasteiger partial charge < -0.3 is 15.2 Å². The van der Waals surface area contributed by atoms with Crippen molar-refractivity contribution in [1.29, 1.82) is 0 Å². The van der Waals surface area contributed by atoms with Gasteiger partial charge in [0, 0.05) is 4.47 Å². The summed E-state index contributed by atoms with van der Waals surface area (Å²) in [4.78, 5) is 12.2. The van der Waals surface area contributed by atoms with Crippen LogP contribution in [0.4, 0.5) is 5.69 Å². The fourth-order valence-corrected chi connectivity index (χ4v) is 2.16. The van der Waals surface area contributed by atoms with Crippen LogP contribution in [-0.4, -0.2) is 18.1 Å². The Labute approximate surface area is 125 Å². The highest BCUT2D eigenvalue weighted by molar-refractivity contribution is 9.10. The Kier molecular flexibility index (Phi) is 4.29. The van der Waals surface area contributed by atoms with Crippen molar-refractivity contribution in [1.82, 2.24) is 0 Å².